The summed E-state index contributed by atoms with van der Waals surface area (Å²) in [6.07, 6.45) is 3.36. The second kappa shape index (κ2) is 6.15. The first-order valence-corrected chi connectivity index (χ1v) is 6.35. The van der Waals surface area contributed by atoms with Gasteiger partial charge in [-0.25, -0.2) is 0 Å². The Morgan fingerprint density at radius 2 is 2.26 bits per heavy atom. The van der Waals surface area contributed by atoms with E-state index >= 15 is 0 Å². The second-order valence-electron chi connectivity index (χ2n) is 3.87. The van der Waals surface area contributed by atoms with Gasteiger partial charge in [0.1, 0.15) is 10.7 Å². The fraction of sp³-hybridized carbons (Fsp3) is 0.143. The minimum absolute atomic E-state index is 0.339. The maximum absolute atomic E-state index is 5.68. The van der Waals surface area contributed by atoms with Crippen LogP contribution in [0.15, 0.2) is 42.7 Å². The Balaban J connectivity index is 2.26. The van der Waals surface area contributed by atoms with Crippen LogP contribution in [0.1, 0.15) is 12.5 Å². The summed E-state index contributed by atoms with van der Waals surface area (Å²) in [6, 6.07) is 9.48. The Morgan fingerprint density at radius 1 is 1.42 bits per heavy atom. The standard InChI is InChI=1S/C14H15N3OS/c1-2-18-11-5-3-4-10(8-11)17-13-9-16-7-6-12(13)14(15)19/h3-9,17H,2H2,1H3,(H2,15,19). The van der Waals surface area contributed by atoms with Crippen molar-refractivity contribution in [2.75, 3.05) is 11.9 Å². The first kappa shape index (κ1) is 13.3. The maximum Gasteiger partial charge on any atom is 0.121 e. The SMILES string of the molecule is CCOc1cccc(Nc2cnccc2C(N)=S)c1. The number of nitrogens with one attached hydrogen (secondary N) is 1. The van der Waals surface area contributed by atoms with Crippen LogP contribution >= 0.6 is 12.2 Å². The highest BCUT2D eigenvalue weighted by atomic mass is 32.1. The summed E-state index contributed by atoms with van der Waals surface area (Å²) >= 11 is 5.02. The quantitative estimate of drug-likeness (QED) is 0.820. The van der Waals surface area contributed by atoms with Gasteiger partial charge in [-0.2, -0.15) is 0 Å². The zero-order chi connectivity index (χ0) is 13.7. The van der Waals surface area contributed by atoms with Gasteiger partial charge in [0.2, 0.25) is 0 Å². The highest BCUT2D eigenvalue weighted by Gasteiger charge is 2.05. The van der Waals surface area contributed by atoms with Gasteiger partial charge < -0.3 is 15.8 Å². The lowest BCUT2D eigenvalue weighted by atomic mass is 10.2. The molecule has 0 bridgehead atoms. The molecule has 0 fully saturated rings. The van der Waals surface area contributed by atoms with Gasteiger partial charge in [0.15, 0.2) is 0 Å². The fourth-order valence-electron chi connectivity index (χ4n) is 1.69. The molecule has 0 radical (unpaired) electrons. The third kappa shape index (κ3) is 3.42. The van der Waals surface area contributed by atoms with Crippen molar-refractivity contribution in [1.82, 2.24) is 4.98 Å². The number of hydrogen-bond donors (Lipinski definition) is 2. The number of rotatable bonds is 5. The van der Waals surface area contributed by atoms with E-state index in [2.05, 4.69) is 10.3 Å². The van der Waals surface area contributed by atoms with Crippen molar-refractivity contribution in [3.63, 3.8) is 0 Å². The van der Waals surface area contributed by atoms with Gasteiger partial charge in [-0.3, -0.25) is 4.98 Å². The summed E-state index contributed by atoms with van der Waals surface area (Å²) in [6.45, 7) is 2.58. The van der Waals surface area contributed by atoms with Gasteiger partial charge in [0.25, 0.3) is 0 Å². The van der Waals surface area contributed by atoms with Gasteiger partial charge >= 0.3 is 0 Å². The van der Waals surface area contributed by atoms with Crippen LogP contribution < -0.4 is 15.8 Å². The van der Waals surface area contributed by atoms with E-state index in [9.17, 15) is 0 Å². The Labute approximate surface area is 117 Å². The lowest BCUT2D eigenvalue weighted by Crippen LogP contribution is -2.12. The highest BCUT2D eigenvalue weighted by Crippen LogP contribution is 2.23. The topological polar surface area (TPSA) is 60.2 Å². The normalized spacial score (nSPS) is 9.95. The first-order valence-electron chi connectivity index (χ1n) is 5.94. The van der Waals surface area contributed by atoms with Crippen LogP contribution in [0.4, 0.5) is 11.4 Å². The second-order valence-corrected chi connectivity index (χ2v) is 4.31. The van der Waals surface area contributed by atoms with Gasteiger partial charge in [-0.05, 0) is 25.1 Å². The lowest BCUT2D eigenvalue weighted by Gasteiger charge is -2.11. The Bertz CT molecular complexity index is 586. The first-order chi connectivity index (χ1) is 9.20. The van der Waals surface area contributed by atoms with E-state index in [1.807, 2.05) is 31.2 Å². The molecule has 0 saturated heterocycles. The van der Waals surface area contributed by atoms with E-state index in [0.717, 1.165) is 22.7 Å². The predicted octanol–water partition coefficient (Wildman–Crippen LogP) is 2.86. The molecule has 3 N–H and O–H groups in total. The molecule has 2 rings (SSSR count). The molecule has 0 unspecified atom stereocenters. The maximum atomic E-state index is 5.68. The molecule has 1 heterocycles. The van der Waals surface area contributed by atoms with E-state index < -0.39 is 0 Å². The van der Waals surface area contributed by atoms with Crippen LogP contribution in [-0.4, -0.2) is 16.6 Å². The Hall–Kier alpha value is -2.14. The van der Waals surface area contributed by atoms with Gasteiger partial charge in [0.05, 0.1) is 18.5 Å². The monoisotopic (exact) mass is 273 g/mol. The van der Waals surface area contributed by atoms with Gasteiger partial charge in [-0.15, -0.1) is 0 Å². The minimum Gasteiger partial charge on any atom is -0.494 e. The zero-order valence-corrected chi connectivity index (χ0v) is 11.4. The summed E-state index contributed by atoms with van der Waals surface area (Å²) in [7, 11) is 0. The molecular weight excluding hydrogens is 258 g/mol. The predicted molar refractivity (Wildman–Crippen MR) is 81.0 cm³/mol. The summed E-state index contributed by atoms with van der Waals surface area (Å²) in [4.78, 5) is 4.41. The molecule has 98 valence electrons. The van der Waals surface area contributed by atoms with E-state index in [-0.39, 0.29) is 0 Å². The van der Waals surface area contributed by atoms with Gasteiger partial charge in [0, 0.05) is 23.5 Å². The number of benzene rings is 1. The number of pyridine rings is 1. The molecule has 0 aliphatic rings. The number of ether oxygens (including phenoxy) is 1. The van der Waals surface area contributed by atoms with Crippen LogP contribution in [0.25, 0.3) is 0 Å². The van der Waals surface area contributed by atoms with E-state index in [1.165, 1.54) is 0 Å². The fourth-order valence-corrected chi connectivity index (χ4v) is 1.87. The molecule has 5 heteroatoms. The molecule has 19 heavy (non-hydrogen) atoms. The molecule has 0 aliphatic heterocycles. The number of nitrogens with two attached hydrogens (primary N) is 1. The summed E-state index contributed by atoms with van der Waals surface area (Å²) in [5.41, 5.74) is 8.14. The van der Waals surface area contributed by atoms with Crippen LogP contribution in [0.3, 0.4) is 0 Å². The minimum atomic E-state index is 0.339. The molecule has 4 nitrogen and oxygen atoms in total. The van der Waals surface area contributed by atoms with Crippen molar-refractivity contribution in [3.05, 3.63) is 48.3 Å². The molecule has 0 amide bonds. The zero-order valence-electron chi connectivity index (χ0n) is 10.6. The molecule has 1 aromatic heterocycles. The lowest BCUT2D eigenvalue weighted by molar-refractivity contribution is 0.340. The molecule has 0 atom stereocenters. The summed E-state index contributed by atoms with van der Waals surface area (Å²) < 4.78 is 5.46. The van der Waals surface area contributed by atoms with Gasteiger partial charge in [-0.1, -0.05) is 18.3 Å². The van der Waals surface area contributed by atoms with Crippen molar-refractivity contribution in [2.45, 2.75) is 6.92 Å². The average molecular weight is 273 g/mol. The molecule has 0 saturated carbocycles. The van der Waals surface area contributed by atoms with Crippen molar-refractivity contribution in [3.8, 4) is 5.75 Å². The van der Waals surface area contributed by atoms with Crippen LogP contribution in [-0.2, 0) is 0 Å². The van der Waals surface area contributed by atoms with Crippen LogP contribution in [0.2, 0.25) is 0 Å². The number of thiocarbonyl (C=S) groups is 1. The molecule has 0 spiro atoms. The summed E-state index contributed by atoms with van der Waals surface area (Å²) in [5, 5.41) is 3.24. The largest absolute Gasteiger partial charge is 0.494 e. The average Bonchev–Trinajstić information content (AvgIpc) is 2.40. The van der Waals surface area contributed by atoms with Crippen molar-refractivity contribution < 1.29 is 4.74 Å². The number of anilines is 2. The van der Waals surface area contributed by atoms with E-state index in [1.54, 1.807) is 18.5 Å². The third-order valence-electron chi connectivity index (χ3n) is 2.51. The number of hydrogen-bond acceptors (Lipinski definition) is 4. The molecule has 0 aliphatic carbocycles. The number of nitrogens with zero attached hydrogens (tertiary/aromatic N) is 1. The van der Waals surface area contributed by atoms with E-state index in [4.69, 9.17) is 22.7 Å². The highest BCUT2D eigenvalue weighted by molar-refractivity contribution is 7.80. The molecule has 2 aromatic rings. The number of aromatic nitrogens is 1. The Morgan fingerprint density at radius 3 is 3.00 bits per heavy atom. The summed E-state index contributed by atoms with van der Waals surface area (Å²) in [5.74, 6) is 0.813. The Kier molecular flexibility index (Phi) is 4.30. The third-order valence-corrected chi connectivity index (χ3v) is 2.73. The smallest absolute Gasteiger partial charge is 0.121 e. The van der Waals surface area contributed by atoms with Crippen LogP contribution in [0.5, 0.6) is 5.75 Å². The van der Waals surface area contributed by atoms with Crippen LogP contribution in [0, 0.1) is 0 Å². The van der Waals surface area contributed by atoms with Crippen molar-refractivity contribution in [1.29, 1.82) is 0 Å². The van der Waals surface area contributed by atoms with Crippen molar-refractivity contribution in [2.24, 2.45) is 5.73 Å². The van der Waals surface area contributed by atoms with E-state index in [0.29, 0.717) is 11.6 Å². The molecule has 1 aromatic carbocycles. The van der Waals surface area contributed by atoms with Crippen molar-refractivity contribution >= 4 is 28.6 Å². The molecular formula is C14H15N3OS.